The van der Waals surface area contributed by atoms with Crippen molar-refractivity contribution in [2.75, 3.05) is 0 Å². The minimum atomic E-state index is -0.422. The molecule has 3 fully saturated rings. The molecule has 1 N–H and O–H groups in total. The molecule has 0 radical (unpaired) electrons. The van der Waals surface area contributed by atoms with Gasteiger partial charge in [-0.2, -0.15) is 0 Å². The van der Waals surface area contributed by atoms with Gasteiger partial charge in [0.15, 0.2) is 0 Å². The summed E-state index contributed by atoms with van der Waals surface area (Å²) in [5, 5.41) is 10.9. The minimum absolute atomic E-state index is 0.317. The number of fused-ring (bicyclic) bond motifs is 4. The van der Waals surface area contributed by atoms with Crippen molar-refractivity contribution < 1.29 is 5.11 Å². The molecule has 0 heterocycles. The molecule has 17 heavy (non-hydrogen) atoms. The monoisotopic (exact) mass is 236 g/mol. The summed E-state index contributed by atoms with van der Waals surface area (Å²) in [7, 11) is 0. The molecule has 0 aromatic carbocycles. The highest BCUT2D eigenvalue weighted by atomic mass is 16.3. The molecular formula is C16H28O. The average molecular weight is 236 g/mol. The first-order chi connectivity index (χ1) is 7.76. The van der Waals surface area contributed by atoms with E-state index in [-0.39, 0.29) is 0 Å². The van der Waals surface area contributed by atoms with Crippen LogP contribution in [0.1, 0.15) is 66.2 Å². The highest BCUT2D eigenvalue weighted by molar-refractivity contribution is 5.16. The first kappa shape index (κ1) is 12.0. The van der Waals surface area contributed by atoms with Gasteiger partial charge >= 0.3 is 0 Å². The van der Waals surface area contributed by atoms with Crippen LogP contribution >= 0.6 is 0 Å². The third kappa shape index (κ3) is 1.54. The van der Waals surface area contributed by atoms with Crippen LogP contribution in [0.5, 0.6) is 0 Å². The van der Waals surface area contributed by atoms with E-state index in [0.29, 0.717) is 16.7 Å². The molecule has 5 unspecified atom stereocenters. The Morgan fingerprint density at radius 1 is 0.941 bits per heavy atom. The van der Waals surface area contributed by atoms with E-state index in [1.54, 1.807) is 0 Å². The molecule has 0 aliphatic heterocycles. The Balaban J connectivity index is 1.94. The van der Waals surface area contributed by atoms with Crippen LogP contribution in [0, 0.1) is 28.6 Å². The molecule has 0 aromatic heterocycles. The Kier molecular flexibility index (Phi) is 2.32. The van der Waals surface area contributed by atoms with Crippen molar-refractivity contribution in [2.45, 2.75) is 71.8 Å². The summed E-state index contributed by atoms with van der Waals surface area (Å²) >= 11 is 0. The van der Waals surface area contributed by atoms with Gasteiger partial charge in [0.1, 0.15) is 0 Å². The molecule has 0 spiro atoms. The summed E-state index contributed by atoms with van der Waals surface area (Å²) in [4.78, 5) is 0. The van der Waals surface area contributed by atoms with Crippen LogP contribution in [0.15, 0.2) is 0 Å². The van der Waals surface area contributed by atoms with Crippen LogP contribution < -0.4 is 0 Å². The second-order valence-electron chi connectivity index (χ2n) is 8.41. The number of rotatable bonds is 0. The molecular weight excluding hydrogens is 208 g/mol. The van der Waals surface area contributed by atoms with Gasteiger partial charge in [-0.05, 0) is 61.2 Å². The molecule has 3 aliphatic carbocycles. The van der Waals surface area contributed by atoms with Crippen LogP contribution in [0.25, 0.3) is 0 Å². The minimum Gasteiger partial charge on any atom is -0.390 e. The zero-order valence-corrected chi connectivity index (χ0v) is 11.9. The summed E-state index contributed by atoms with van der Waals surface area (Å²) < 4.78 is 0. The third-order valence-corrected chi connectivity index (χ3v) is 6.17. The smallest absolute Gasteiger partial charge is 0.0660 e. The normalized spacial score (nSPS) is 56.6. The van der Waals surface area contributed by atoms with E-state index < -0.39 is 5.60 Å². The lowest BCUT2D eigenvalue weighted by molar-refractivity contribution is -0.265. The van der Waals surface area contributed by atoms with Crippen molar-refractivity contribution in [2.24, 2.45) is 28.6 Å². The molecule has 0 aromatic rings. The van der Waals surface area contributed by atoms with E-state index in [0.717, 1.165) is 18.3 Å². The number of hydrogen-bond acceptors (Lipinski definition) is 1. The summed E-state index contributed by atoms with van der Waals surface area (Å²) in [6, 6.07) is 0. The average Bonchev–Trinajstić information content (AvgIpc) is 2.12. The Hall–Kier alpha value is -0.0400. The van der Waals surface area contributed by atoms with Gasteiger partial charge in [-0.1, -0.05) is 33.6 Å². The van der Waals surface area contributed by atoms with Crippen LogP contribution in [0.2, 0.25) is 0 Å². The lowest BCUT2D eigenvalue weighted by atomic mass is 9.35. The van der Waals surface area contributed by atoms with Gasteiger partial charge in [0.25, 0.3) is 0 Å². The van der Waals surface area contributed by atoms with E-state index >= 15 is 0 Å². The fraction of sp³-hybridized carbons (Fsp3) is 1.00. The maximum atomic E-state index is 10.9. The molecule has 0 bridgehead atoms. The van der Waals surface area contributed by atoms with Gasteiger partial charge in [0, 0.05) is 0 Å². The van der Waals surface area contributed by atoms with E-state index in [2.05, 4.69) is 27.7 Å². The first-order valence-electron chi connectivity index (χ1n) is 7.49. The van der Waals surface area contributed by atoms with Crippen molar-refractivity contribution >= 4 is 0 Å². The number of hydrogen-bond donors (Lipinski definition) is 1. The van der Waals surface area contributed by atoms with Gasteiger partial charge < -0.3 is 5.11 Å². The topological polar surface area (TPSA) is 20.2 Å². The Morgan fingerprint density at radius 2 is 1.59 bits per heavy atom. The predicted octanol–water partition coefficient (Wildman–Crippen LogP) is 4.00. The van der Waals surface area contributed by atoms with Crippen molar-refractivity contribution in [3.63, 3.8) is 0 Å². The summed E-state index contributed by atoms with van der Waals surface area (Å²) in [6.45, 7) is 9.28. The Labute approximate surface area is 106 Å². The van der Waals surface area contributed by atoms with E-state index in [1.807, 2.05) is 0 Å². The lowest BCUT2D eigenvalue weighted by Crippen LogP contribution is -2.68. The van der Waals surface area contributed by atoms with Gasteiger partial charge in [-0.3, -0.25) is 0 Å². The van der Waals surface area contributed by atoms with Gasteiger partial charge in [-0.15, -0.1) is 0 Å². The SMILES string of the molecule is CC1(C)CC(C)(O)C2C3CCCCC3C2(C)C1. The third-order valence-electron chi connectivity index (χ3n) is 6.17. The van der Waals surface area contributed by atoms with E-state index in [1.165, 1.54) is 32.1 Å². The Bertz CT molecular complexity index is 330. The molecule has 3 aliphatic rings. The van der Waals surface area contributed by atoms with Crippen LogP contribution in [0.4, 0.5) is 0 Å². The highest BCUT2D eigenvalue weighted by Crippen LogP contribution is 2.71. The molecule has 3 saturated carbocycles. The van der Waals surface area contributed by atoms with Crippen molar-refractivity contribution in [1.29, 1.82) is 0 Å². The largest absolute Gasteiger partial charge is 0.390 e. The predicted molar refractivity (Wildman–Crippen MR) is 70.7 cm³/mol. The zero-order chi connectivity index (χ0) is 12.5. The molecule has 3 rings (SSSR count). The molecule has 1 nitrogen and oxygen atoms in total. The zero-order valence-electron chi connectivity index (χ0n) is 11.9. The second kappa shape index (κ2) is 3.29. The van der Waals surface area contributed by atoms with Crippen LogP contribution in [-0.4, -0.2) is 10.7 Å². The molecule has 5 atom stereocenters. The van der Waals surface area contributed by atoms with E-state index in [9.17, 15) is 5.11 Å². The Morgan fingerprint density at radius 3 is 2.29 bits per heavy atom. The number of aliphatic hydroxyl groups is 1. The van der Waals surface area contributed by atoms with Gasteiger partial charge in [-0.25, -0.2) is 0 Å². The quantitative estimate of drug-likeness (QED) is 0.674. The van der Waals surface area contributed by atoms with Crippen molar-refractivity contribution in [3.05, 3.63) is 0 Å². The van der Waals surface area contributed by atoms with Crippen molar-refractivity contribution in [3.8, 4) is 0 Å². The first-order valence-corrected chi connectivity index (χ1v) is 7.49. The fourth-order valence-corrected chi connectivity index (χ4v) is 6.56. The van der Waals surface area contributed by atoms with Gasteiger partial charge in [0.05, 0.1) is 5.60 Å². The van der Waals surface area contributed by atoms with Gasteiger partial charge in [0.2, 0.25) is 0 Å². The highest BCUT2D eigenvalue weighted by Gasteiger charge is 2.67. The van der Waals surface area contributed by atoms with Crippen LogP contribution in [-0.2, 0) is 0 Å². The van der Waals surface area contributed by atoms with E-state index in [4.69, 9.17) is 0 Å². The maximum absolute atomic E-state index is 10.9. The summed E-state index contributed by atoms with van der Waals surface area (Å²) in [6.07, 6.45) is 7.93. The van der Waals surface area contributed by atoms with Crippen molar-refractivity contribution in [1.82, 2.24) is 0 Å². The molecule has 0 saturated heterocycles. The summed E-state index contributed by atoms with van der Waals surface area (Å²) in [5.41, 5.74) is 0.322. The molecule has 98 valence electrons. The maximum Gasteiger partial charge on any atom is 0.0660 e. The van der Waals surface area contributed by atoms with Crippen LogP contribution in [0.3, 0.4) is 0 Å². The lowest BCUT2D eigenvalue weighted by Gasteiger charge is -2.71. The second-order valence-corrected chi connectivity index (χ2v) is 8.41. The standard InChI is InChI=1S/C16H28O/c1-14(2)9-15(3)12-8-6-5-7-11(12)13(15)16(4,17)10-14/h11-13,17H,5-10H2,1-4H3. The summed E-state index contributed by atoms with van der Waals surface area (Å²) in [5.74, 6) is 2.32. The molecule has 1 heteroatoms. The fourth-order valence-electron chi connectivity index (χ4n) is 6.56. The molecule has 0 amide bonds.